The van der Waals surface area contributed by atoms with Gasteiger partial charge in [0, 0.05) is 18.4 Å². The minimum Gasteiger partial charge on any atom is -0.381 e. The molecule has 0 aliphatic carbocycles. The first kappa shape index (κ1) is 11.2. The Morgan fingerprint density at radius 2 is 1.82 bits per heavy atom. The van der Waals surface area contributed by atoms with E-state index in [1.807, 2.05) is 0 Å². The van der Waals surface area contributed by atoms with Crippen LogP contribution in [0.3, 0.4) is 0 Å². The van der Waals surface area contributed by atoms with E-state index in [9.17, 15) is 13.2 Å². The average molecular weight is 235 g/mol. The SMILES string of the molecule is FC(F)(F)CCCOCCBr. The third-order valence-electron chi connectivity index (χ3n) is 0.970. The first-order valence-corrected chi connectivity index (χ1v) is 4.39. The van der Waals surface area contributed by atoms with Crippen LogP contribution in [-0.4, -0.2) is 24.7 Å². The molecule has 68 valence electrons. The number of rotatable bonds is 5. The van der Waals surface area contributed by atoms with Crippen molar-refractivity contribution in [1.82, 2.24) is 0 Å². The van der Waals surface area contributed by atoms with Gasteiger partial charge in [0.05, 0.1) is 6.61 Å². The second-order valence-electron chi connectivity index (χ2n) is 2.02. The fraction of sp³-hybridized carbons (Fsp3) is 1.00. The van der Waals surface area contributed by atoms with Gasteiger partial charge in [0.25, 0.3) is 0 Å². The van der Waals surface area contributed by atoms with E-state index < -0.39 is 12.6 Å². The van der Waals surface area contributed by atoms with Gasteiger partial charge in [0.2, 0.25) is 0 Å². The summed E-state index contributed by atoms with van der Waals surface area (Å²) in [6.45, 7) is 0.656. The third-order valence-corrected chi connectivity index (χ3v) is 1.29. The summed E-state index contributed by atoms with van der Waals surface area (Å²) in [6, 6.07) is 0. The van der Waals surface area contributed by atoms with Crippen molar-refractivity contribution >= 4 is 15.9 Å². The van der Waals surface area contributed by atoms with Crippen molar-refractivity contribution in [3.63, 3.8) is 0 Å². The third kappa shape index (κ3) is 10.2. The summed E-state index contributed by atoms with van der Waals surface area (Å²) in [6.07, 6.45) is -4.75. The lowest BCUT2D eigenvalue weighted by Crippen LogP contribution is -2.09. The van der Waals surface area contributed by atoms with Crippen molar-refractivity contribution in [3.05, 3.63) is 0 Å². The maximum absolute atomic E-state index is 11.5. The van der Waals surface area contributed by atoms with E-state index in [1.165, 1.54) is 0 Å². The molecule has 0 aromatic carbocycles. The Hall–Kier alpha value is 0.230. The predicted octanol–water partition coefficient (Wildman–Crippen LogP) is 2.74. The Morgan fingerprint density at radius 1 is 1.18 bits per heavy atom. The van der Waals surface area contributed by atoms with Crippen LogP contribution in [0.25, 0.3) is 0 Å². The Morgan fingerprint density at radius 3 is 2.27 bits per heavy atom. The van der Waals surface area contributed by atoms with Crippen LogP contribution in [0.5, 0.6) is 0 Å². The monoisotopic (exact) mass is 234 g/mol. The smallest absolute Gasteiger partial charge is 0.381 e. The molecule has 5 heteroatoms. The molecule has 0 aliphatic heterocycles. The van der Waals surface area contributed by atoms with E-state index in [0.717, 1.165) is 0 Å². The molecule has 0 heterocycles. The normalized spacial score (nSPS) is 12.0. The second-order valence-corrected chi connectivity index (χ2v) is 2.81. The van der Waals surface area contributed by atoms with Crippen LogP contribution in [0.1, 0.15) is 12.8 Å². The summed E-state index contributed by atoms with van der Waals surface area (Å²) in [7, 11) is 0. The lowest BCUT2D eigenvalue weighted by atomic mass is 10.3. The molecule has 11 heavy (non-hydrogen) atoms. The van der Waals surface area contributed by atoms with E-state index in [1.54, 1.807) is 0 Å². The Balaban J connectivity index is 3.02. The zero-order valence-electron chi connectivity index (χ0n) is 5.96. The van der Waals surface area contributed by atoms with Gasteiger partial charge in [0.1, 0.15) is 0 Å². The molecule has 0 saturated heterocycles. The van der Waals surface area contributed by atoms with Crippen molar-refractivity contribution in [3.8, 4) is 0 Å². The molecule has 0 unspecified atom stereocenters. The molecular weight excluding hydrogens is 225 g/mol. The van der Waals surface area contributed by atoms with E-state index in [0.29, 0.717) is 11.9 Å². The van der Waals surface area contributed by atoms with Crippen LogP contribution < -0.4 is 0 Å². The molecule has 0 aliphatic rings. The topological polar surface area (TPSA) is 9.23 Å². The molecule has 0 amide bonds. The first-order chi connectivity index (χ1) is 5.06. The molecule has 0 rings (SSSR count). The summed E-state index contributed by atoms with van der Waals surface area (Å²) in [4.78, 5) is 0. The van der Waals surface area contributed by atoms with Crippen LogP contribution >= 0.6 is 15.9 Å². The van der Waals surface area contributed by atoms with Crippen molar-refractivity contribution in [1.29, 1.82) is 0 Å². The van der Waals surface area contributed by atoms with Gasteiger partial charge in [-0.1, -0.05) is 15.9 Å². The standard InChI is InChI=1S/C6H10BrF3O/c7-3-5-11-4-1-2-6(8,9)10/h1-5H2. The predicted molar refractivity (Wildman–Crippen MR) is 39.9 cm³/mol. The van der Waals surface area contributed by atoms with Gasteiger partial charge in [0.15, 0.2) is 0 Å². The highest BCUT2D eigenvalue weighted by Crippen LogP contribution is 2.20. The van der Waals surface area contributed by atoms with Crippen LogP contribution in [0.2, 0.25) is 0 Å². The van der Waals surface area contributed by atoms with Crippen LogP contribution in [0.4, 0.5) is 13.2 Å². The minimum atomic E-state index is -4.04. The minimum absolute atomic E-state index is 0.0521. The summed E-state index contributed by atoms with van der Waals surface area (Å²) in [5, 5.41) is 0.666. The van der Waals surface area contributed by atoms with Crippen molar-refractivity contribution in [2.75, 3.05) is 18.5 Å². The second kappa shape index (κ2) is 5.83. The molecule has 0 aromatic heterocycles. The average Bonchev–Trinajstić information content (AvgIpc) is 1.85. The maximum atomic E-state index is 11.5. The highest BCUT2D eigenvalue weighted by molar-refractivity contribution is 9.09. The van der Waals surface area contributed by atoms with Crippen molar-refractivity contribution in [2.24, 2.45) is 0 Å². The fourth-order valence-corrected chi connectivity index (χ4v) is 0.760. The summed E-state index contributed by atoms with van der Waals surface area (Å²) in [5.41, 5.74) is 0. The van der Waals surface area contributed by atoms with Crippen LogP contribution in [-0.2, 0) is 4.74 Å². The van der Waals surface area contributed by atoms with Gasteiger partial charge < -0.3 is 4.74 Å². The van der Waals surface area contributed by atoms with E-state index in [4.69, 9.17) is 4.74 Å². The fourth-order valence-electron chi connectivity index (χ4n) is 0.531. The molecule has 0 aromatic rings. The summed E-state index contributed by atoms with van der Waals surface area (Å²) < 4.78 is 39.3. The van der Waals surface area contributed by atoms with Crippen LogP contribution in [0, 0.1) is 0 Å². The van der Waals surface area contributed by atoms with Gasteiger partial charge in [-0.05, 0) is 6.42 Å². The van der Waals surface area contributed by atoms with E-state index in [-0.39, 0.29) is 13.0 Å². The lowest BCUT2D eigenvalue weighted by Gasteiger charge is -2.05. The molecule has 0 spiro atoms. The Kier molecular flexibility index (Phi) is 5.95. The van der Waals surface area contributed by atoms with Gasteiger partial charge in [-0.2, -0.15) is 13.2 Å². The highest BCUT2D eigenvalue weighted by atomic mass is 79.9. The lowest BCUT2D eigenvalue weighted by molar-refractivity contribution is -0.137. The number of halogens is 4. The highest BCUT2D eigenvalue weighted by Gasteiger charge is 2.25. The molecule has 1 nitrogen and oxygen atoms in total. The molecule has 0 bridgehead atoms. The largest absolute Gasteiger partial charge is 0.389 e. The molecule has 0 atom stereocenters. The van der Waals surface area contributed by atoms with Gasteiger partial charge >= 0.3 is 6.18 Å². The number of hydrogen-bond donors (Lipinski definition) is 0. The number of alkyl halides is 4. The first-order valence-electron chi connectivity index (χ1n) is 3.27. The molecule has 0 fully saturated rings. The molecular formula is C6H10BrF3O. The van der Waals surface area contributed by atoms with Crippen molar-refractivity contribution < 1.29 is 17.9 Å². The van der Waals surface area contributed by atoms with Crippen molar-refractivity contribution in [2.45, 2.75) is 19.0 Å². The van der Waals surface area contributed by atoms with Gasteiger partial charge in [-0.15, -0.1) is 0 Å². The molecule has 0 saturated carbocycles. The van der Waals surface area contributed by atoms with E-state index >= 15 is 0 Å². The van der Waals surface area contributed by atoms with Gasteiger partial charge in [-0.3, -0.25) is 0 Å². The number of ether oxygens (including phenoxy) is 1. The Labute approximate surface area is 72.0 Å². The summed E-state index contributed by atoms with van der Waals surface area (Å²) >= 11 is 3.09. The van der Waals surface area contributed by atoms with E-state index in [2.05, 4.69) is 15.9 Å². The molecule has 0 radical (unpaired) electrons. The molecule has 0 N–H and O–H groups in total. The maximum Gasteiger partial charge on any atom is 0.389 e. The zero-order valence-corrected chi connectivity index (χ0v) is 7.54. The zero-order chi connectivity index (χ0) is 8.74. The quantitative estimate of drug-likeness (QED) is 0.525. The summed E-state index contributed by atoms with van der Waals surface area (Å²) in [5.74, 6) is 0. The number of hydrogen-bond acceptors (Lipinski definition) is 1. The van der Waals surface area contributed by atoms with Gasteiger partial charge in [-0.25, -0.2) is 0 Å². The Bertz CT molecular complexity index is 94.3. The van der Waals surface area contributed by atoms with Crippen LogP contribution in [0.15, 0.2) is 0 Å².